The SMILES string of the molecule is NCC1CCCC1C(=O)Cc1cc(F)ccc1Br. The molecule has 1 aliphatic carbocycles. The van der Waals surface area contributed by atoms with Crippen molar-refractivity contribution in [1.82, 2.24) is 0 Å². The van der Waals surface area contributed by atoms with Crippen LogP contribution >= 0.6 is 15.9 Å². The van der Waals surface area contributed by atoms with Crippen LogP contribution in [0.2, 0.25) is 0 Å². The number of Topliss-reactive ketones (excluding diaryl/α,β-unsaturated/α-hetero) is 1. The first-order valence-electron chi connectivity index (χ1n) is 6.28. The predicted molar refractivity (Wildman–Crippen MR) is 72.7 cm³/mol. The lowest BCUT2D eigenvalue weighted by molar-refractivity contribution is -0.123. The van der Waals surface area contributed by atoms with E-state index in [2.05, 4.69) is 15.9 Å². The van der Waals surface area contributed by atoms with Crippen LogP contribution in [0, 0.1) is 17.7 Å². The molecule has 0 radical (unpaired) electrons. The van der Waals surface area contributed by atoms with Gasteiger partial charge in [0.2, 0.25) is 0 Å². The van der Waals surface area contributed by atoms with E-state index >= 15 is 0 Å². The molecule has 2 N–H and O–H groups in total. The van der Waals surface area contributed by atoms with Crippen LogP contribution in [-0.4, -0.2) is 12.3 Å². The van der Waals surface area contributed by atoms with Crippen LogP contribution < -0.4 is 5.73 Å². The highest BCUT2D eigenvalue weighted by Gasteiger charge is 2.31. The zero-order chi connectivity index (χ0) is 13.1. The molecular formula is C14H17BrFNO. The quantitative estimate of drug-likeness (QED) is 0.928. The smallest absolute Gasteiger partial charge is 0.140 e. The highest BCUT2D eigenvalue weighted by Crippen LogP contribution is 2.33. The monoisotopic (exact) mass is 313 g/mol. The molecule has 2 rings (SSSR count). The van der Waals surface area contributed by atoms with E-state index in [1.165, 1.54) is 12.1 Å². The van der Waals surface area contributed by atoms with Gasteiger partial charge in [-0.05, 0) is 49.1 Å². The Hall–Kier alpha value is -0.740. The Kier molecular flexibility index (Phi) is 4.51. The number of halogens is 2. The van der Waals surface area contributed by atoms with Gasteiger partial charge < -0.3 is 5.73 Å². The average molecular weight is 314 g/mol. The van der Waals surface area contributed by atoms with E-state index in [4.69, 9.17) is 5.73 Å². The first kappa shape index (κ1) is 13.7. The lowest BCUT2D eigenvalue weighted by Gasteiger charge is -2.16. The summed E-state index contributed by atoms with van der Waals surface area (Å²) < 4.78 is 14.0. The standard InChI is InChI=1S/C14H17BrFNO/c15-13-5-4-11(16)6-10(13)7-14(18)12-3-1-2-9(12)8-17/h4-6,9,12H,1-3,7-8,17H2. The number of carbonyl (C=O) groups is 1. The van der Waals surface area contributed by atoms with E-state index in [1.54, 1.807) is 6.07 Å². The van der Waals surface area contributed by atoms with Crippen molar-refractivity contribution in [3.63, 3.8) is 0 Å². The van der Waals surface area contributed by atoms with Crippen molar-refractivity contribution < 1.29 is 9.18 Å². The molecule has 0 heterocycles. The van der Waals surface area contributed by atoms with Crippen LogP contribution in [0.15, 0.2) is 22.7 Å². The van der Waals surface area contributed by atoms with Gasteiger partial charge in [0.05, 0.1) is 0 Å². The maximum atomic E-state index is 13.2. The Bertz CT molecular complexity index is 449. The predicted octanol–water partition coefficient (Wildman–Crippen LogP) is 3.07. The molecular weight excluding hydrogens is 297 g/mol. The van der Waals surface area contributed by atoms with Crippen LogP contribution in [0.4, 0.5) is 4.39 Å². The molecule has 18 heavy (non-hydrogen) atoms. The van der Waals surface area contributed by atoms with Crippen molar-refractivity contribution in [2.45, 2.75) is 25.7 Å². The topological polar surface area (TPSA) is 43.1 Å². The largest absolute Gasteiger partial charge is 0.330 e. The molecule has 0 aromatic heterocycles. The molecule has 98 valence electrons. The maximum Gasteiger partial charge on any atom is 0.140 e. The second-order valence-corrected chi connectivity index (χ2v) is 5.77. The summed E-state index contributed by atoms with van der Waals surface area (Å²) >= 11 is 3.36. The summed E-state index contributed by atoms with van der Waals surface area (Å²) in [5, 5.41) is 0. The van der Waals surface area contributed by atoms with Gasteiger partial charge in [0.15, 0.2) is 0 Å². The van der Waals surface area contributed by atoms with Crippen molar-refractivity contribution in [2.24, 2.45) is 17.6 Å². The minimum atomic E-state index is -0.303. The summed E-state index contributed by atoms with van der Waals surface area (Å²) in [6.45, 7) is 0.570. The minimum absolute atomic E-state index is 0.0603. The van der Waals surface area contributed by atoms with Gasteiger partial charge in [-0.15, -0.1) is 0 Å². The van der Waals surface area contributed by atoms with Gasteiger partial charge in [0.25, 0.3) is 0 Å². The van der Waals surface area contributed by atoms with Crippen molar-refractivity contribution in [3.05, 3.63) is 34.1 Å². The summed E-state index contributed by atoms with van der Waals surface area (Å²) in [4.78, 5) is 12.2. The summed E-state index contributed by atoms with van der Waals surface area (Å²) in [6.07, 6.45) is 3.33. The number of carbonyl (C=O) groups excluding carboxylic acids is 1. The third kappa shape index (κ3) is 2.98. The summed E-state index contributed by atoms with van der Waals surface area (Å²) in [5.74, 6) is 0.257. The molecule has 0 bridgehead atoms. The lowest BCUT2D eigenvalue weighted by atomic mass is 9.89. The highest BCUT2D eigenvalue weighted by molar-refractivity contribution is 9.10. The van der Waals surface area contributed by atoms with Crippen molar-refractivity contribution in [1.29, 1.82) is 0 Å². The number of benzene rings is 1. The number of hydrogen-bond acceptors (Lipinski definition) is 2. The second-order valence-electron chi connectivity index (χ2n) is 4.91. The molecule has 2 unspecified atom stereocenters. The Balaban J connectivity index is 2.09. The van der Waals surface area contributed by atoms with E-state index in [1.807, 2.05) is 0 Å². The fourth-order valence-corrected chi connectivity index (χ4v) is 3.13. The molecule has 0 saturated heterocycles. The number of nitrogens with two attached hydrogens (primary N) is 1. The Labute approximate surface area is 115 Å². The maximum absolute atomic E-state index is 13.2. The number of hydrogen-bond donors (Lipinski definition) is 1. The fraction of sp³-hybridized carbons (Fsp3) is 0.500. The molecule has 0 aliphatic heterocycles. The first-order chi connectivity index (χ1) is 8.61. The molecule has 0 amide bonds. The molecule has 1 aromatic rings. The van der Waals surface area contributed by atoms with Crippen LogP contribution in [0.5, 0.6) is 0 Å². The summed E-state index contributed by atoms with van der Waals surface area (Å²) in [5.41, 5.74) is 6.41. The van der Waals surface area contributed by atoms with Gasteiger partial charge in [-0.3, -0.25) is 4.79 Å². The molecule has 1 saturated carbocycles. The molecule has 2 atom stereocenters. The van der Waals surface area contributed by atoms with E-state index in [0.717, 1.165) is 29.3 Å². The Morgan fingerprint density at radius 1 is 1.44 bits per heavy atom. The first-order valence-corrected chi connectivity index (χ1v) is 7.08. The van der Waals surface area contributed by atoms with Gasteiger partial charge in [0, 0.05) is 16.8 Å². The third-order valence-electron chi connectivity index (χ3n) is 3.75. The van der Waals surface area contributed by atoms with E-state index in [-0.39, 0.29) is 17.5 Å². The van der Waals surface area contributed by atoms with Gasteiger partial charge >= 0.3 is 0 Å². The van der Waals surface area contributed by atoms with Crippen LogP contribution in [0.1, 0.15) is 24.8 Å². The third-order valence-corrected chi connectivity index (χ3v) is 4.52. The molecule has 0 spiro atoms. The fourth-order valence-electron chi connectivity index (χ4n) is 2.74. The average Bonchev–Trinajstić information content (AvgIpc) is 2.82. The van der Waals surface area contributed by atoms with Gasteiger partial charge in [-0.1, -0.05) is 22.4 Å². The van der Waals surface area contributed by atoms with Gasteiger partial charge in [-0.2, -0.15) is 0 Å². The van der Waals surface area contributed by atoms with Crippen molar-refractivity contribution in [2.75, 3.05) is 6.54 Å². The Morgan fingerprint density at radius 2 is 2.22 bits per heavy atom. The highest BCUT2D eigenvalue weighted by atomic mass is 79.9. The number of ketones is 1. The lowest BCUT2D eigenvalue weighted by Crippen LogP contribution is -2.26. The summed E-state index contributed by atoms with van der Waals surface area (Å²) in [7, 11) is 0. The zero-order valence-electron chi connectivity index (χ0n) is 10.2. The van der Waals surface area contributed by atoms with Gasteiger partial charge in [-0.25, -0.2) is 4.39 Å². The van der Waals surface area contributed by atoms with E-state index in [9.17, 15) is 9.18 Å². The van der Waals surface area contributed by atoms with Crippen LogP contribution in [0.25, 0.3) is 0 Å². The van der Waals surface area contributed by atoms with Crippen LogP contribution in [0.3, 0.4) is 0 Å². The van der Waals surface area contributed by atoms with Crippen LogP contribution in [-0.2, 0) is 11.2 Å². The zero-order valence-corrected chi connectivity index (χ0v) is 11.7. The number of rotatable bonds is 4. The molecule has 1 aromatic carbocycles. The van der Waals surface area contributed by atoms with Gasteiger partial charge in [0.1, 0.15) is 11.6 Å². The normalized spacial score (nSPS) is 23.3. The van der Waals surface area contributed by atoms with Crippen molar-refractivity contribution >= 4 is 21.7 Å². The molecule has 4 heteroatoms. The van der Waals surface area contributed by atoms with E-state index < -0.39 is 0 Å². The van der Waals surface area contributed by atoms with Crippen molar-refractivity contribution in [3.8, 4) is 0 Å². The second kappa shape index (κ2) is 5.93. The Morgan fingerprint density at radius 3 is 2.94 bits per heavy atom. The minimum Gasteiger partial charge on any atom is -0.330 e. The molecule has 2 nitrogen and oxygen atoms in total. The molecule has 1 fully saturated rings. The van der Waals surface area contributed by atoms with E-state index in [0.29, 0.717) is 18.9 Å². The molecule has 1 aliphatic rings. The summed E-state index contributed by atoms with van der Waals surface area (Å²) in [6, 6.07) is 4.46.